The molecule has 13 N–H and O–H groups in total. The zero-order valence-corrected chi connectivity index (χ0v) is 39.2. The van der Waals surface area contributed by atoms with Gasteiger partial charge in [0.1, 0.15) is 0 Å². The molecule has 0 aromatic carbocycles. The SMILES string of the molecule is C/C1=C2/[N-][C@H]([C@H](CC(N)=O)[C@@]2(C)CCC(=O)O)[C@]2(C)N=C(/C(C)=C3N=C(/C=C4N=C1[C@@H](CCC(N)=O)C\4(C)C)[C@@H](CCC(N)=O)[C@]\3(C)CC(N)=O)[C@@H](CCC(N)=O)[C@]2(C)CC(N)=O.[Co+3]. The maximum atomic E-state index is 13.4. The van der Waals surface area contributed by atoms with E-state index < -0.39 is 98.3 Å². The van der Waals surface area contributed by atoms with Crippen molar-refractivity contribution in [3.05, 3.63) is 39.6 Å². The summed E-state index contributed by atoms with van der Waals surface area (Å²) < 4.78 is 0. The van der Waals surface area contributed by atoms with Crippen molar-refractivity contribution in [3.63, 3.8) is 0 Å². The van der Waals surface area contributed by atoms with Crippen LogP contribution >= 0.6 is 0 Å². The molecule has 5 rings (SSSR count). The van der Waals surface area contributed by atoms with Crippen LogP contribution in [0.25, 0.3) is 5.32 Å². The predicted octanol–water partition coefficient (Wildman–Crippen LogP) is 3.11. The second-order valence-corrected chi connectivity index (χ2v) is 19.8. The van der Waals surface area contributed by atoms with Gasteiger partial charge in [0.15, 0.2) is 0 Å². The van der Waals surface area contributed by atoms with Crippen molar-refractivity contribution in [3.8, 4) is 0 Å². The fourth-order valence-electron chi connectivity index (χ4n) is 11.8. The van der Waals surface area contributed by atoms with Crippen LogP contribution in [0.4, 0.5) is 0 Å². The molecule has 9 atom stereocenters. The first-order valence-electron chi connectivity index (χ1n) is 21.6. The first-order chi connectivity index (χ1) is 29.0. The van der Waals surface area contributed by atoms with E-state index in [1.54, 1.807) is 6.92 Å². The molecule has 1 fully saturated rings. The molecule has 0 radical (unpaired) electrons. The van der Waals surface area contributed by atoms with Gasteiger partial charge in [-0.15, -0.1) is 0 Å². The minimum atomic E-state index is -1.41. The van der Waals surface area contributed by atoms with E-state index in [0.717, 1.165) is 0 Å². The van der Waals surface area contributed by atoms with E-state index in [-0.39, 0.29) is 87.4 Å². The Morgan fingerprint density at radius 1 is 0.656 bits per heavy atom. The quantitative estimate of drug-likeness (QED) is 0.107. The Morgan fingerprint density at radius 3 is 1.69 bits per heavy atom. The van der Waals surface area contributed by atoms with E-state index in [1.807, 2.05) is 54.5 Å². The summed E-state index contributed by atoms with van der Waals surface area (Å²) in [5.41, 5.74) is 33.9. The Hall–Kier alpha value is -5.17. The van der Waals surface area contributed by atoms with Crippen molar-refractivity contribution in [2.24, 2.45) is 94.7 Å². The molecule has 0 aliphatic carbocycles. The van der Waals surface area contributed by atoms with Crippen molar-refractivity contribution in [1.82, 2.24) is 0 Å². The van der Waals surface area contributed by atoms with Gasteiger partial charge >= 0.3 is 22.7 Å². The number of primary amides is 6. The van der Waals surface area contributed by atoms with Crippen molar-refractivity contribution in [2.75, 3.05) is 0 Å². The first kappa shape index (κ1) is 51.5. The Bertz CT molecular complexity index is 2230. The van der Waals surface area contributed by atoms with Crippen LogP contribution < -0.4 is 34.4 Å². The van der Waals surface area contributed by atoms with Gasteiger partial charge in [0.2, 0.25) is 35.4 Å². The molecule has 5 aliphatic rings. The molecule has 5 heterocycles. The summed E-state index contributed by atoms with van der Waals surface area (Å²) in [5, 5.41) is 15.6. The number of carboxylic acids is 1. The number of hydrogen-bond acceptors (Lipinski definition) is 10. The van der Waals surface area contributed by atoms with E-state index in [4.69, 9.17) is 54.7 Å². The average Bonchev–Trinajstić information content (AvgIpc) is 3.75. The maximum absolute atomic E-state index is 13.4. The molecule has 0 aromatic heterocycles. The molecule has 0 saturated carbocycles. The Kier molecular flexibility index (Phi) is 14.8. The van der Waals surface area contributed by atoms with E-state index in [2.05, 4.69) is 0 Å². The number of carbonyl (C=O) groups is 7. The third-order valence-electron chi connectivity index (χ3n) is 15.4. The standard InChI is InChI=1S/C45H66N10O8.Co/c1-21-36-24(10-13-30(47)57)41(3,4)28(53-36)18-27-23(9-12-29(46)56)43(6,19-33(50)60)39(52-27)22(2)37-25(11-14-31(48)58)44(7,20-34(51)61)45(8,55-37)40-26(17-32(49)59)42(5,38(21)54-40)16-15-35(62)63;/h18,23-26,40H,9-17,19-20H2,1-8H3,(H14,46,47,48,49,50,51,52,53,54,55,56,57,58,59,60,61,62,63);/q;+3/p-1/t23-,24-,25-,26+,40-,42-,43+,44+,45+;/m1./s1. The van der Waals surface area contributed by atoms with Crippen molar-refractivity contribution >= 4 is 58.5 Å². The molecule has 64 heavy (non-hydrogen) atoms. The van der Waals surface area contributed by atoms with Crippen LogP contribution in [-0.4, -0.2) is 75.2 Å². The van der Waals surface area contributed by atoms with Gasteiger partial charge in [0.05, 0.1) is 11.2 Å². The molecular formula is C45H65CoN10O8+2. The number of allylic oxidation sites excluding steroid dienone is 6. The summed E-state index contributed by atoms with van der Waals surface area (Å²) in [4.78, 5) is 106. The smallest absolute Gasteiger partial charge is 0.682 e. The van der Waals surface area contributed by atoms with Gasteiger partial charge in [-0.2, -0.15) is 5.70 Å². The van der Waals surface area contributed by atoms with E-state index in [9.17, 15) is 38.7 Å². The van der Waals surface area contributed by atoms with Crippen LogP contribution in [0.15, 0.2) is 49.3 Å². The van der Waals surface area contributed by atoms with Gasteiger partial charge in [0, 0.05) is 102 Å². The molecule has 19 heteroatoms. The fraction of sp³-hybridized carbons (Fsp3) is 0.644. The van der Waals surface area contributed by atoms with Crippen molar-refractivity contribution in [2.45, 2.75) is 138 Å². The number of carboxylic acid groups (broad SMARTS) is 1. The third-order valence-corrected chi connectivity index (χ3v) is 15.4. The Morgan fingerprint density at radius 2 is 1.19 bits per heavy atom. The van der Waals surface area contributed by atoms with Crippen molar-refractivity contribution < 1.29 is 55.4 Å². The van der Waals surface area contributed by atoms with Crippen LogP contribution in [0.1, 0.15) is 126 Å². The molecule has 350 valence electrons. The van der Waals surface area contributed by atoms with Gasteiger partial charge in [-0.1, -0.05) is 40.7 Å². The minimum absolute atomic E-state index is 0. The van der Waals surface area contributed by atoms with Gasteiger partial charge < -0.3 is 44.8 Å². The number of nitrogens with zero attached hydrogens (tertiary/aromatic N) is 4. The maximum Gasteiger partial charge on any atom is 3.00 e. The molecule has 1 saturated heterocycles. The minimum Gasteiger partial charge on any atom is -0.682 e. The van der Waals surface area contributed by atoms with Gasteiger partial charge in [-0.05, 0) is 75.0 Å². The van der Waals surface area contributed by atoms with Crippen LogP contribution in [-0.2, 0) is 50.3 Å². The van der Waals surface area contributed by atoms with Crippen LogP contribution in [0.5, 0.6) is 0 Å². The monoisotopic (exact) mass is 932 g/mol. The largest absolute Gasteiger partial charge is 3.00 e. The number of hydrogen-bond donors (Lipinski definition) is 7. The topological polar surface area (TPSA) is 347 Å². The number of fused-ring (bicyclic) bond motifs is 6. The average molecular weight is 933 g/mol. The Balaban J connectivity index is 0.00000898. The number of aliphatic imine (C=N–C) groups is 3. The third kappa shape index (κ3) is 9.06. The number of amides is 6. The van der Waals surface area contributed by atoms with E-state index in [1.165, 1.54) is 0 Å². The fourth-order valence-corrected chi connectivity index (χ4v) is 11.8. The molecular weight excluding hydrogens is 867 g/mol. The summed E-state index contributed by atoms with van der Waals surface area (Å²) in [6, 6.07) is -0.938. The molecule has 0 aromatic rings. The first-order valence-corrected chi connectivity index (χ1v) is 21.6. The number of carbonyl (C=O) groups excluding carboxylic acids is 6. The van der Waals surface area contributed by atoms with E-state index >= 15 is 0 Å². The van der Waals surface area contributed by atoms with Crippen LogP contribution in [0.2, 0.25) is 0 Å². The summed E-state index contributed by atoms with van der Waals surface area (Å²) in [6.45, 7) is 15.0. The number of rotatable bonds is 18. The van der Waals surface area contributed by atoms with Crippen LogP contribution in [0, 0.1) is 45.3 Å². The van der Waals surface area contributed by atoms with Gasteiger partial charge in [0.25, 0.3) is 0 Å². The second-order valence-electron chi connectivity index (χ2n) is 19.8. The van der Waals surface area contributed by atoms with Crippen molar-refractivity contribution in [1.29, 1.82) is 0 Å². The number of nitrogens with two attached hydrogens (primary N) is 6. The zero-order valence-electron chi connectivity index (χ0n) is 38.1. The van der Waals surface area contributed by atoms with Gasteiger partial charge in [-0.25, -0.2) is 0 Å². The van der Waals surface area contributed by atoms with Gasteiger partial charge in [-0.3, -0.25) is 48.5 Å². The second kappa shape index (κ2) is 18.4. The van der Waals surface area contributed by atoms with Crippen LogP contribution in [0.3, 0.4) is 0 Å². The summed E-state index contributed by atoms with van der Waals surface area (Å²) in [6.07, 6.45) is 1.37. The Labute approximate surface area is 384 Å². The molecule has 8 bridgehead atoms. The molecule has 5 aliphatic heterocycles. The normalized spacial score (nSPS) is 35.6. The summed E-state index contributed by atoms with van der Waals surface area (Å²) in [5.74, 6) is -7.22. The molecule has 0 spiro atoms. The molecule has 18 nitrogen and oxygen atoms in total. The predicted molar refractivity (Wildman–Crippen MR) is 237 cm³/mol. The van der Waals surface area contributed by atoms with E-state index in [0.29, 0.717) is 45.4 Å². The zero-order chi connectivity index (χ0) is 47.4. The summed E-state index contributed by atoms with van der Waals surface area (Å²) >= 11 is 0. The summed E-state index contributed by atoms with van der Waals surface area (Å²) in [7, 11) is 0. The molecule has 0 unspecified atom stereocenters. The number of aliphatic carboxylic acids is 1. The molecule has 6 amide bonds.